The summed E-state index contributed by atoms with van der Waals surface area (Å²) in [7, 11) is 6.75. The molecule has 0 amide bonds. The van der Waals surface area contributed by atoms with Crippen LogP contribution >= 0.6 is 0 Å². The van der Waals surface area contributed by atoms with Crippen LogP contribution in [0.25, 0.3) is 0 Å². The van der Waals surface area contributed by atoms with Gasteiger partial charge in [0, 0.05) is 38.8 Å². The predicted molar refractivity (Wildman–Crippen MR) is 77.0 cm³/mol. The van der Waals surface area contributed by atoms with Crippen molar-refractivity contribution in [2.45, 2.75) is 18.9 Å². The molecule has 2 aliphatic heterocycles. The monoisotopic (exact) mass is 254 g/mol. The van der Waals surface area contributed by atoms with E-state index in [9.17, 15) is 0 Å². The normalized spacial score (nSPS) is 29.0. The van der Waals surface area contributed by atoms with Gasteiger partial charge in [-0.15, -0.1) is 0 Å². The van der Waals surface area contributed by atoms with Crippen LogP contribution in [0.3, 0.4) is 0 Å². The zero-order chi connectivity index (χ0) is 13.0. The first-order chi connectivity index (χ1) is 8.63. The Bertz CT molecular complexity index is 238. The first kappa shape index (κ1) is 14.3. The van der Waals surface area contributed by atoms with E-state index in [1.807, 2.05) is 0 Å². The number of nitrogens with one attached hydrogen (secondary N) is 1. The molecule has 0 bridgehead atoms. The Kier molecular flexibility index (Phi) is 5.42. The molecular weight excluding hydrogens is 224 g/mol. The largest absolute Gasteiger partial charge is 0.310 e. The first-order valence-electron chi connectivity index (χ1n) is 7.42. The Morgan fingerprint density at radius 3 is 2.44 bits per heavy atom. The van der Waals surface area contributed by atoms with E-state index in [0.29, 0.717) is 6.04 Å². The zero-order valence-corrected chi connectivity index (χ0v) is 12.4. The molecule has 0 aromatic rings. The Labute approximate surface area is 112 Å². The van der Waals surface area contributed by atoms with Gasteiger partial charge in [-0.3, -0.25) is 0 Å². The average Bonchev–Trinajstić information content (AvgIpc) is 2.32. The summed E-state index contributed by atoms with van der Waals surface area (Å²) in [6.45, 7) is 8.55. The molecule has 2 fully saturated rings. The molecule has 2 rings (SSSR count). The van der Waals surface area contributed by atoms with Crippen molar-refractivity contribution < 1.29 is 0 Å². The highest BCUT2D eigenvalue weighted by Gasteiger charge is 2.21. The topological polar surface area (TPSA) is 21.8 Å². The number of rotatable bonds is 4. The van der Waals surface area contributed by atoms with Crippen molar-refractivity contribution >= 4 is 0 Å². The third kappa shape index (κ3) is 4.50. The quantitative estimate of drug-likeness (QED) is 0.772. The third-order valence-electron chi connectivity index (χ3n) is 4.40. The maximum Gasteiger partial charge on any atom is 0.0322 e. The molecule has 2 saturated heterocycles. The Balaban J connectivity index is 1.66. The van der Waals surface area contributed by atoms with Crippen LogP contribution in [-0.2, 0) is 0 Å². The summed E-state index contributed by atoms with van der Waals surface area (Å²) in [5, 5.41) is 3.63. The minimum absolute atomic E-state index is 0.653. The Morgan fingerprint density at radius 2 is 1.78 bits per heavy atom. The molecule has 0 aromatic heterocycles. The van der Waals surface area contributed by atoms with Crippen LogP contribution in [-0.4, -0.2) is 87.7 Å². The molecule has 106 valence electrons. The predicted octanol–water partition coefficient (Wildman–Crippen LogP) is 0.164. The fourth-order valence-electron chi connectivity index (χ4n) is 3.25. The van der Waals surface area contributed by atoms with E-state index in [2.05, 4.69) is 41.2 Å². The van der Waals surface area contributed by atoms with Gasteiger partial charge >= 0.3 is 0 Å². The van der Waals surface area contributed by atoms with Crippen LogP contribution in [0.4, 0.5) is 0 Å². The molecule has 0 radical (unpaired) electrons. The second-order valence-electron chi connectivity index (χ2n) is 6.38. The van der Waals surface area contributed by atoms with Crippen LogP contribution in [0.2, 0.25) is 0 Å². The van der Waals surface area contributed by atoms with Crippen LogP contribution in [0.1, 0.15) is 12.8 Å². The minimum atomic E-state index is 0.653. The smallest absolute Gasteiger partial charge is 0.0322 e. The van der Waals surface area contributed by atoms with Gasteiger partial charge in [0.2, 0.25) is 0 Å². The SMILES string of the molecule is CN1CCC(CN(C)CC2CN(C)CCN2)CC1. The van der Waals surface area contributed by atoms with Gasteiger partial charge in [0.25, 0.3) is 0 Å². The highest BCUT2D eigenvalue weighted by Crippen LogP contribution is 2.16. The van der Waals surface area contributed by atoms with Crippen molar-refractivity contribution in [2.75, 3.05) is 67.0 Å². The van der Waals surface area contributed by atoms with E-state index in [0.717, 1.165) is 12.5 Å². The van der Waals surface area contributed by atoms with Crippen molar-refractivity contribution in [1.29, 1.82) is 0 Å². The molecule has 2 aliphatic rings. The number of nitrogens with zero attached hydrogens (tertiary/aromatic N) is 3. The van der Waals surface area contributed by atoms with Gasteiger partial charge in [-0.2, -0.15) is 0 Å². The van der Waals surface area contributed by atoms with Crippen LogP contribution in [0.5, 0.6) is 0 Å². The third-order valence-corrected chi connectivity index (χ3v) is 4.40. The summed E-state index contributed by atoms with van der Waals surface area (Å²) in [6, 6.07) is 0.653. The van der Waals surface area contributed by atoms with Gasteiger partial charge in [0.1, 0.15) is 0 Å². The Hall–Kier alpha value is -0.160. The number of likely N-dealkylation sites (tertiary alicyclic amines) is 1. The average molecular weight is 254 g/mol. The molecule has 4 nitrogen and oxygen atoms in total. The lowest BCUT2D eigenvalue weighted by molar-refractivity contribution is 0.152. The molecular formula is C14H30N4. The summed E-state index contributed by atoms with van der Waals surface area (Å²) < 4.78 is 0. The van der Waals surface area contributed by atoms with Gasteiger partial charge in [0.15, 0.2) is 0 Å². The van der Waals surface area contributed by atoms with E-state index in [1.165, 1.54) is 52.1 Å². The van der Waals surface area contributed by atoms with Gasteiger partial charge < -0.3 is 20.0 Å². The van der Waals surface area contributed by atoms with Gasteiger partial charge in [-0.05, 0) is 53.0 Å². The summed E-state index contributed by atoms with van der Waals surface area (Å²) >= 11 is 0. The summed E-state index contributed by atoms with van der Waals surface area (Å²) in [5.74, 6) is 0.910. The van der Waals surface area contributed by atoms with Crippen molar-refractivity contribution in [3.63, 3.8) is 0 Å². The molecule has 0 aromatic carbocycles. The van der Waals surface area contributed by atoms with Crippen LogP contribution in [0.15, 0.2) is 0 Å². The van der Waals surface area contributed by atoms with Gasteiger partial charge in [-0.1, -0.05) is 0 Å². The van der Waals surface area contributed by atoms with Crippen molar-refractivity contribution in [3.05, 3.63) is 0 Å². The second-order valence-corrected chi connectivity index (χ2v) is 6.38. The lowest BCUT2D eigenvalue weighted by Crippen LogP contribution is -2.53. The zero-order valence-electron chi connectivity index (χ0n) is 12.4. The number of hydrogen-bond donors (Lipinski definition) is 1. The highest BCUT2D eigenvalue weighted by molar-refractivity contribution is 4.80. The van der Waals surface area contributed by atoms with Gasteiger partial charge in [-0.25, -0.2) is 0 Å². The fourth-order valence-corrected chi connectivity index (χ4v) is 3.25. The number of piperidine rings is 1. The lowest BCUT2D eigenvalue weighted by atomic mass is 9.96. The standard InChI is InChI=1S/C14H30N4/c1-16-7-4-13(5-8-16)10-18(3)12-14-11-17(2)9-6-15-14/h13-15H,4-12H2,1-3H3. The summed E-state index contributed by atoms with van der Waals surface area (Å²) in [4.78, 5) is 7.42. The van der Waals surface area contributed by atoms with E-state index in [4.69, 9.17) is 0 Å². The fraction of sp³-hybridized carbons (Fsp3) is 1.00. The van der Waals surface area contributed by atoms with E-state index < -0.39 is 0 Å². The molecule has 0 spiro atoms. The summed E-state index contributed by atoms with van der Waals surface area (Å²) in [5.41, 5.74) is 0. The number of hydrogen-bond acceptors (Lipinski definition) is 4. The molecule has 1 unspecified atom stereocenters. The number of likely N-dealkylation sites (N-methyl/N-ethyl adjacent to an activating group) is 2. The molecule has 1 atom stereocenters. The van der Waals surface area contributed by atoms with Crippen molar-refractivity contribution in [3.8, 4) is 0 Å². The first-order valence-corrected chi connectivity index (χ1v) is 7.42. The van der Waals surface area contributed by atoms with E-state index in [1.54, 1.807) is 0 Å². The van der Waals surface area contributed by atoms with Crippen LogP contribution < -0.4 is 5.32 Å². The molecule has 2 heterocycles. The maximum atomic E-state index is 3.63. The molecule has 18 heavy (non-hydrogen) atoms. The van der Waals surface area contributed by atoms with Crippen molar-refractivity contribution in [1.82, 2.24) is 20.0 Å². The number of piperazine rings is 1. The van der Waals surface area contributed by atoms with Crippen LogP contribution in [0, 0.1) is 5.92 Å². The van der Waals surface area contributed by atoms with E-state index in [-0.39, 0.29) is 0 Å². The summed E-state index contributed by atoms with van der Waals surface area (Å²) in [6.07, 6.45) is 2.75. The molecule has 1 N–H and O–H groups in total. The highest BCUT2D eigenvalue weighted by atomic mass is 15.2. The minimum Gasteiger partial charge on any atom is -0.310 e. The molecule has 4 heteroatoms. The Morgan fingerprint density at radius 1 is 1.06 bits per heavy atom. The van der Waals surface area contributed by atoms with Gasteiger partial charge in [0.05, 0.1) is 0 Å². The second kappa shape index (κ2) is 6.85. The molecule has 0 saturated carbocycles. The van der Waals surface area contributed by atoms with E-state index >= 15 is 0 Å². The molecule has 0 aliphatic carbocycles. The maximum absolute atomic E-state index is 3.63. The van der Waals surface area contributed by atoms with Crippen molar-refractivity contribution in [2.24, 2.45) is 5.92 Å². The lowest BCUT2D eigenvalue weighted by Gasteiger charge is -2.36.